The number of methoxy groups -OCH3 is 1. The SMILES string of the molecule is CCOC(=O)CCOC(=O)c1cc(Cl)cc(Cl)c1OC. The van der Waals surface area contributed by atoms with Crippen molar-refractivity contribution in [3.63, 3.8) is 0 Å². The summed E-state index contributed by atoms with van der Waals surface area (Å²) in [6.07, 6.45) is -0.0177. The second kappa shape index (κ2) is 7.97. The standard InChI is InChI=1S/C13H14Cl2O5/c1-3-19-11(16)4-5-20-13(17)9-6-8(14)7-10(15)12(9)18-2/h6-7H,3-5H2,1-2H3. The fraction of sp³-hybridized carbons (Fsp3) is 0.385. The van der Waals surface area contributed by atoms with Crippen LogP contribution in [0.4, 0.5) is 0 Å². The summed E-state index contributed by atoms with van der Waals surface area (Å²) in [4.78, 5) is 23.0. The number of rotatable bonds is 6. The summed E-state index contributed by atoms with van der Waals surface area (Å²) in [5.74, 6) is -0.927. The fourth-order valence-electron chi connectivity index (χ4n) is 1.46. The van der Waals surface area contributed by atoms with Gasteiger partial charge in [-0.3, -0.25) is 4.79 Å². The third-order valence-electron chi connectivity index (χ3n) is 2.28. The highest BCUT2D eigenvalue weighted by molar-refractivity contribution is 6.36. The Kier molecular flexibility index (Phi) is 6.61. The minimum atomic E-state index is -0.671. The Morgan fingerprint density at radius 2 is 1.90 bits per heavy atom. The first-order valence-electron chi connectivity index (χ1n) is 5.85. The van der Waals surface area contributed by atoms with Gasteiger partial charge in [0.2, 0.25) is 0 Å². The van der Waals surface area contributed by atoms with Gasteiger partial charge in [-0.2, -0.15) is 0 Å². The quantitative estimate of drug-likeness (QED) is 0.753. The van der Waals surface area contributed by atoms with Crippen LogP contribution in [0.25, 0.3) is 0 Å². The maximum absolute atomic E-state index is 11.9. The number of hydrogen-bond acceptors (Lipinski definition) is 5. The Morgan fingerprint density at radius 1 is 1.20 bits per heavy atom. The molecule has 0 aliphatic carbocycles. The number of halogens is 2. The topological polar surface area (TPSA) is 61.8 Å². The van der Waals surface area contributed by atoms with E-state index in [-0.39, 0.29) is 41.0 Å². The van der Waals surface area contributed by atoms with Gasteiger partial charge in [0, 0.05) is 5.02 Å². The van der Waals surface area contributed by atoms with Crippen molar-refractivity contribution in [2.24, 2.45) is 0 Å². The molecule has 1 aromatic carbocycles. The first kappa shape index (κ1) is 16.6. The average molecular weight is 321 g/mol. The van der Waals surface area contributed by atoms with Crippen LogP contribution < -0.4 is 4.74 Å². The molecule has 0 aliphatic rings. The number of carbonyl (C=O) groups is 2. The maximum atomic E-state index is 11.9. The highest BCUT2D eigenvalue weighted by atomic mass is 35.5. The van der Waals surface area contributed by atoms with E-state index >= 15 is 0 Å². The van der Waals surface area contributed by atoms with Crippen LogP contribution in [0.15, 0.2) is 12.1 Å². The second-order valence-corrected chi connectivity index (χ2v) is 4.50. The van der Waals surface area contributed by atoms with Gasteiger partial charge in [-0.15, -0.1) is 0 Å². The molecule has 1 aromatic rings. The molecule has 0 radical (unpaired) electrons. The molecular weight excluding hydrogens is 307 g/mol. The number of benzene rings is 1. The Hall–Kier alpha value is -1.46. The van der Waals surface area contributed by atoms with Gasteiger partial charge in [0.15, 0.2) is 5.75 Å². The minimum Gasteiger partial charge on any atom is -0.494 e. The smallest absolute Gasteiger partial charge is 0.342 e. The van der Waals surface area contributed by atoms with Gasteiger partial charge in [0.25, 0.3) is 0 Å². The fourth-order valence-corrected chi connectivity index (χ4v) is 2.03. The summed E-state index contributed by atoms with van der Waals surface area (Å²) in [6, 6.07) is 2.84. The zero-order chi connectivity index (χ0) is 15.1. The molecule has 0 fully saturated rings. The molecule has 5 nitrogen and oxygen atoms in total. The Balaban J connectivity index is 2.70. The van der Waals surface area contributed by atoms with E-state index in [2.05, 4.69) is 0 Å². The Morgan fingerprint density at radius 3 is 2.50 bits per heavy atom. The molecule has 0 unspecified atom stereocenters. The lowest BCUT2D eigenvalue weighted by molar-refractivity contribution is -0.143. The zero-order valence-corrected chi connectivity index (χ0v) is 12.6. The molecule has 0 aromatic heterocycles. The van der Waals surface area contributed by atoms with Crippen LogP contribution in [0.3, 0.4) is 0 Å². The van der Waals surface area contributed by atoms with E-state index in [0.717, 1.165) is 0 Å². The van der Waals surface area contributed by atoms with E-state index in [9.17, 15) is 9.59 Å². The van der Waals surface area contributed by atoms with Gasteiger partial charge >= 0.3 is 11.9 Å². The first-order chi connectivity index (χ1) is 9.49. The van der Waals surface area contributed by atoms with Crippen LogP contribution in [0.5, 0.6) is 5.75 Å². The summed E-state index contributed by atoms with van der Waals surface area (Å²) >= 11 is 11.7. The van der Waals surface area contributed by atoms with Gasteiger partial charge < -0.3 is 14.2 Å². The predicted octanol–water partition coefficient (Wildman–Crippen LogP) is 3.11. The Bertz CT molecular complexity index is 502. The van der Waals surface area contributed by atoms with Gasteiger partial charge in [0.05, 0.1) is 25.2 Å². The van der Waals surface area contributed by atoms with Crippen LogP contribution in [0.2, 0.25) is 10.0 Å². The maximum Gasteiger partial charge on any atom is 0.342 e. The number of carbonyl (C=O) groups excluding carboxylic acids is 2. The van der Waals surface area contributed by atoms with E-state index in [1.54, 1.807) is 6.92 Å². The van der Waals surface area contributed by atoms with Crippen LogP contribution in [0, 0.1) is 0 Å². The van der Waals surface area contributed by atoms with Crippen molar-refractivity contribution < 1.29 is 23.8 Å². The summed E-state index contributed by atoms with van der Waals surface area (Å²) in [6.45, 7) is 1.89. The number of hydrogen-bond donors (Lipinski definition) is 0. The molecule has 20 heavy (non-hydrogen) atoms. The van der Waals surface area contributed by atoms with Crippen LogP contribution in [0.1, 0.15) is 23.7 Å². The highest BCUT2D eigenvalue weighted by Gasteiger charge is 2.18. The number of ether oxygens (including phenoxy) is 3. The van der Waals surface area contributed by atoms with Crippen molar-refractivity contribution >= 4 is 35.1 Å². The van der Waals surface area contributed by atoms with Crippen LogP contribution in [-0.2, 0) is 14.3 Å². The van der Waals surface area contributed by atoms with Gasteiger partial charge in [-0.1, -0.05) is 23.2 Å². The molecule has 0 saturated carbocycles. The molecule has 110 valence electrons. The van der Waals surface area contributed by atoms with E-state index in [0.29, 0.717) is 0 Å². The lowest BCUT2D eigenvalue weighted by atomic mass is 10.2. The lowest BCUT2D eigenvalue weighted by Crippen LogP contribution is -2.13. The average Bonchev–Trinajstić information content (AvgIpc) is 2.38. The molecule has 0 heterocycles. The van der Waals surface area contributed by atoms with E-state index in [1.807, 2.05) is 0 Å². The minimum absolute atomic E-state index is 0.0177. The molecule has 0 aliphatic heterocycles. The van der Waals surface area contributed by atoms with Crippen molar-refractivity contribution in [2.45, 2.75) is 13.3 Å². The van der Waals surface area contributed by atoms with Crippen LogP contribution >= 0.6 is 23.2 Å². The van der Waals surface area contributed by atoms with Crippen molar-refractivity contribution in [1.82, 2.24) is 0 Å². The van der Waals surface area contributed by atoms with Gasteiger partial charge in [-0.25, -0.2) is 4.79 Å². The first-order valence-corrected chi connectivity index (χ1v) is 6.61. The van der Waals surface area contributed by atoms with Crippen molar-refractivity contribution in [2.75, 3.05) is 20.3 Å². The molecule has 0 N–H and O–H groups in total. The highest BCUT2D eigenvalue weighted by Crippen LogP contribution is 2.32. The molecular formula is C13H14Cl2O5. The van der Waals surface area contributed by atoms with Gasteiger partial charge in [-0.05, 0) is 19.1 Å². The normalized spacial score (nSPS) is 10.0. The summed E-state index contributed by atoms with van der Waals surface area (Å²) in [5.41, 5.74) is 0.105. The van der Waals surface area contributed by atoms with Crippen molar-refractivity contribution in [3.8, 4) is 5.75 Å². The molecule has 0 bridgehead atoms. The molecule has 1 rings (SSSR count). The number of esters is 2. The third kappa shape index (κ3) is 4.58. The molecule has 0 spiro atoms. The zero-order valence-electron chi connectivity index (χ0n) is 11.1. The van der Waals surface area contributed by atoms with Gasteiger partial charge in [0.1, 0.15) is 12.2 Å². The monoisotopic (exact) mass is 320 g/mol. The molecule has 7 heteroatoms. The predicted molar refractivity (Wildman–Crippen MR) is 74.5 cm³/mol. The summed E-state index contributed by atoms with van der Waals surface area (Å²) in [5, 5.41) is 0.491. The Labute approximate surface area is 126 Å². The largest absolute Gasteiger partial charge is 0.494 e. The summed E-state index contributed by atoms with van der Waals surface area (Å²) in [7, 11) is 1.38. The molecule has 0 amide bonds. The van der Waals surface area contributed by atoms with Crippen molar-refractivity contribution in [3.05, 3.63) is 27.7 Å². The van der Waals surface area contributed by atoms with Crippen LogP contribution in [-0.4, -0.2) is 32.3 Å². The van der Waals surface area contributed by atoms with E-state index in [1.165, 1.54) is 19.2 Å². The molecule has 0 saturated heterocycles. The lowest BCUT2D eigenvalue weighted by Gasteiger charge is -2.10. The molecule has 0 atom stereocenters. The second-order valence-electron chi connectivity index (χ2n) is 3.66. The third-order valence-corrected chi connectivity index (χ3v) is 2.78. The van der Waals surface area contributed by atoms with E-state index < -0.39 is 11.9 Å². The van der Waals surface area contributed by atoms with E-state index in [4.69, 9.17) is 37.4 Å². The summed E-state index contributed by atoms with van der Waals surface area (Å²) < 4.78 is 14.7. The van der Waals surface area contributed by atoms with Crippen molar-refractivity contribution in [1.29, 1.82) is 0 Å².